The number of aromatic nitrogens is 4. The second kappa shape index (κ2) is 21.7. The van der Waals surface area contributed by atoms with E-state index < -0.39 is 47.2 Å². The lowest BCUT2D eigenvalue weighted by molar-refractivity contribution is 0.0511. The number of esters is 2. The van der Waals surface area contributed by atoms with Crippen LogP contribution in [0.5, 0.6) is 0 Å². The van der Waals surface area contributed by atoms with E-state index in [0.717, 1.165) is 34.0 Å². The highest BCUT2D eigenvalue weighted by atomic mass is 35.5. The Hall–Kier alpha value is -4.97. The third-order valence-corrected chi connectivity index (χ3v) is 7.84. The fourth-order valence-corrected chi connectivity index (χ4v) is 5.58. The van der Waals surface area contributed by atoms with Crippen molar-refractivity contribution in [2.75, 3.05) is 34.9 Å². The number of amides is 3. The minimum absolute atomic E-state index is 0. The highest BCUT2D eigenvalue weighted by Gasteiger charge is 2.20. The van der Waals surface area contributed by atoms with Crippen molar-refractivity contribution in [1.29, 1.82) is 0 Å². The first-order valence-electron chi connectivity index (χ1n) is 15.2. The molecule has 0 aliphatic carbocycles. The van der Waals surface area contributed by atoms with E-state index in [1.165, 1.54) is 27.5 Å². The molecule has 0 aliphatic rings. The molecule has 4 rings (SSSR count). The van der Waals surface area contributed by atoms with Gasteiger partial charge in [-0.25, -0.2) is 43.9 Å². The normalized spacial score (nSPS) is 10.4. The molecule has 296 valence electrons. The molecule has 0 saturated heterocycles. The van der Waals surface area contributed by atoms with Gasteiger partial charge in [-0.05, 0) is 55.4 Å². The number of rotatable bonds is 9. The Bertz CT molecular complexity index is 1880. The Morgan fingerprint density at radius 1 is 0.630 bits per heavy atom. The van der Waals surface area contributed by atoms with E-state index in [1.54, 1.807) is 60.8 Å². The molecule has 0 atom stereocenters. The average Bonchev–Trinajstić information content (AvgIpc) is 3.84. The Morgan fingerprint density at radius 3 is 1.39 bits per heavy atom. The van der Waals surface area contributed by atoms with Gasteiger partial charge in [0.25, 0.3) is 5.91 Å². The summed E-state index contributed by atoms with van der Waals surface area (Å²) < 4.78 is 19.6. The molecule has 4 aromatic rings. The molecule has 4 aromatic heterocycles. The minimum Gasteiger partial charge on any atom is -0.476 e. The van der Waals surface area contributed by atoms with E-state index in [0.29, 0.717) is 11.7 Å². The largest absolute Gasteiger partial charge is 0.476 e. The lowest BCUT2D eigenvalue weighted by Gasteiger charge is -2.18. The van der Waals surface area contributed by atoms with Gasteiger partial charge in [0, 0.05) is 21.5 Å². The number of carbonyl (C=O) groups excluding carboxylic acids is 5. The van der Waals surface area contributed by atoms with Crippen molar-refractivity contribution in [2.24, 2.45) is 0 Å². The number of nitrogens with zero attached hydrogens (tertiary/aromatic N) is 4. The minimum atomic E-state index is -1.13. The maximum Gasteiger partial charge on any atom is 0.413 e. The average molecular weight is 851 g/mol. The molecule has 54 heavy (non-hydrogen) atoms. The number of aromatic carboxylic acids is 1. The van der Waals surface area contributed by atoms with Crippen LogP contribution in [0.2, 0.25) is 0 Å². The number of hydrogen-bond acceptors (Lipinski definition) is 19. The monoisotopic (exact) mass is 850 g/mol. The van der Waals surface area contributed by atoms with E-state index in [-0.39, 0.29) is 57.2 Å². The van der Waals surface area contributed by atoms with Crippen molar-refractivity contribution < 1.29 is 52.8 Å². The van der Waals surface area contributed by atoms with Crippen LogP contribution in [0.4, 0.5) is 30.1 Å². The van der Waals surface area contributed by atoms with Crippen LogP contribution in [0.15, 0.2) is 21.5 Å². The number of hydrogen-bond donors (Lipinski definition) is 5. The zero-order valence-corrected chi connectivity index (χ0v) is 34.2. The number of thiazole rings is 4. The van der Waals surface area contributed by atoms with Crippen molar-refractivity contribution in [3.63, 3.8) is 0 Å². The lowest BCUT2D eigenvalue weighted by Crippen LogP contribution is -2.27. The second-order valence-electron chi connectivity index (χ2n) is 11.6. The highest BCUT2D eigenvalue weighted by molar-refractivity contribution is 7.15. The standard InChI is InChI=1S/C15H18N4O5S2.C9H12N2O4S.C6H8N2O2S.ClH/c1-5-23-11(21)9-7-26-12(17-9)18-10(20)8-6-25-13(16-8)19-14(22)24-15(2,3)4;1-9(2,3)15-8(14)11-7-10-5(4-16-7)6(12)13;1-2-10-5(9)4-3-11-6(7)8-4;/h6-7H,5H2,1-4H3,(H,16,19,22)(H,17,18,20);4H,1-3H3,(H,12,13)(H,10,11,14);3H,2H2,1H3,(H2,7,8);1H. The van der Waals surface area contributed by atoms with Gasteiger partial charge in [-0.2, -0.15) is 0 Å². The molecule has 6 N–H and O–H groups in total. The summed E-state index contributed by atoms with van der Waals surface area (Å²) >= 11 is 4.43. The molecule has 0 bridgehead atoms. The van der Waals surface area contributed by atoms with Crippen molar-refractivity contribution in [3.05, 3.63) is 44.3 Å². The van der Waals surface area contributed by atoms with E-state index in [4.69, 9.17) is 29.8 Å². The molecule has 0 aromatic carbocycles. The van der Waals surface area contributed by atoms with E-state index in [9.17, 15) is 28.8 Å². The van der Waals surface area contributed by atoms with Crippen LogP contribution in [-0.4, -0.2) is 85.5 Å². The van der Waals surface area contributed by atoms with Gasteiger partial charge < -0.3 is 29.8 Å². The first-order chi connectivity index (χ1) is 24.7. The molecule has 0 radical (unpaired) electrons. The zero-order valence-electron chi connectivity index (χ0n) is 30.2. The van der Waals surface area contributed by atoms with Crippen molar-refractivity contribution in [3.8, 4) is 0 Å². The summed E-state index contributed by atoms with van der Waals surface area (Å²) in [6, 6.07) is 0. The number of carboxylic acids is 1. The number of ether oxygens (including phenoxy) is 4. The first-order valence-corrected chi connectivity index (χ1v) is 18.7. The topological polar surface area (TPSA) is 273 Å². The summed E-state index contributed by atoms with van der Waals surface area (Å²) in [7, 11) is 0. The van der Waals surface area contributed by atoms with Crippen LogP contribution >= 0.6 is 57.8 Å². The van der Waals surface area contributed by atoms with Crippen molar-refractivity contribution >= 4 is 114 Å². The molecular weight excluding hydrogens is 812 g/mol. The fraction of sp³-hybridized carbons (Fsp3) is 0.400. The third-order valence-electron chi connectivity index (χ3n) is 4.89. The maximum absolute atomic E-state index is 12.2. The van der Waals surface area contributed by atoms with Gasteiger partial charge >= 0.3 is 30.1 Å². The van der Waals surface area contributed by atoms with Gasteiger partial charge in [-0.3, -0.25) is 20.7 Å². The molecule has 24 heteroatoms. The number of nitrogens with one attached hydrogen (secondary N) is 3. The van der Waals surface area contributed by atoms with Gasteiger partial charge in [0.1, 0.15) is 16.9 Å². The first kappa shape index (κ1) is 47.1. The lowest BCUT2D eigenvalue weighted by atomic mass is 10.2. The fourth-order valence-electron chi connectivity index (χ4n) is 3.02. The number of carbonyl (C=O) groups is 6. The Kier molecular flexibility index (Phi) is 18.9. The second-order valence-corrected chi connectivity index (χ2v) is 15.1. The summed E-state index contributed by atoms with van der Waals surface area (Å²) in [4.78, 5) is 83.6. The van der Waals surface area contributed by atoms with Gasteiger partial charge in [-0.1, -0.05) is 0 Å². The predicted molar refractivity (Wildman–Crippen MR) is 207 cm³/mol. The van der Waals surface area contributed by atoms with Crippen LogP contribution in [0.1, 0.15) is 97.3 Å². The molecule has 4 heterocycles. The Morgan fingerprint density at radius 2 is 1.00 bits per heavy atom. The summed E-state index contributed by atoms with van der Waals surface area (Å²) in [6.45, 7) is 14.5. The summed E-state index contributed by atoms with van der Waals surface area (Å²) in [5.74, 6) is -2.61. The molecule has 0 unspecified atom stereocenters. The van der Waals surface area contributed by atoms with Crippen molar-refractivity contribution in [1.82, 2.24) is 19.9 Å². The van der Waals surface area contributed by atoms with Crippen LogP contribution in [-0.2, 0) is 18.9 Å². The van der Waals surface area contributed by atoms with Crippen molar-refractivity contribution in [2.45, 2.75) is 66.6 Å². The van der Waals surface area contributed by atoms with Crippen LogP contribution < -0.4 is 21.7 Å². The number of nitrogen functional groups attached to an aromatic ring is 1. The molecule has 0 spiro atoms. The van der Waals surface area contributed by atoms with Gasteiger partial charge in [-0.15, -0.1) is 57.8 Å². The quantitative estimate of drug-likeness (QED) is 0.0847. The molecular formula is C30H39ClN8O11S4. The Labute approximate surface area is 331 Å². The van der Waals surface area contributed by atoms with Crippen LogP contribution in [0.3, 0.4) is 0 Å². The number of carboxylic acid groups (broad SMARTS) is 1. The predicted octanol–water partition coefficient (Wildman–Crippen LogP) is 6.89. The molecule has 0 aliphatic heterocycles. The van der Waals surface area contributed by atoms with Gasteiger partial charge in [0.05, 0.1) is 13.2 Å². The molecule has 0 saturated carbocycles. The molecule has 0 fully saturated rings. The summed E-state index contributed by atoms with van der Waals surface area (Å²) in [5.41, 5.74) is 4.49. The molecule has 19 nitrogen and oxygen atoms in total. The number of nitrogens with two attached hydrogens (primary N) is 1. The SMILES string of the molecule is CC(C)(C)OC(=O)Nc1nc(C(=O)O)cs1.CCOC(=O)c1csc(N)n1.CCOC(=O)c1csc(NC(=O)c2csc(NC(=O)OC(C)(C)C)n2)n1.Cl. The maximum atomic E-state index is 12.2. The van der Waals surface area contributed by atoms with Crippen LogP contribution in [0.25, 0.3) is 0 Å². The van der Waals surface area contributed by atoms with E-state index >= 15 is 0 Å². The zero-order chi connectivity index (χ0) is 39.9. The summed E-state index contributed by atoms with van der Waals surface area (Å²) in [6.07, 6.45) is -1.31. The summed E-state index contributed by atoms with van der Waals surface area (Å²) in [5, 5.41) is 22.9. The van der Waals surface area contributed by atoms with E-state index in [2.05, 4.69) is 35.9 Å². The van der Waals surface area contributed by atoms with Gasteiger partial charge in [0.15, 0.2) is 37.6 Å². The van der Waals surface area contributed by atoms with Gasteiger partial charge in [0.2, 0.25) is 0 Å². The third kappa shape index (κ3) is 17.7. The Balaban J connectivity index is 0.000000443. The van der Waals surface area contributed by atoms with E-state index in [1.807, 2.05) is 0 Å². The smallest absolute Gasteiger partial charge is 0.413 e. The molecule has 3 amide bonds. The van der Waals surface area contributed by atoms with Crippen LogP contribution in [0, 0.1) is 0 Å². The number of anilines is 4. The highest BCUT2D eigenvalue weighted by Crippen LogP contribution is 2.21. The number of halogens is 1.